The summed E-state index contributed by atoms with van der Waals surface area (Å²) in [6.45, 7) is 3.71. The topological polar surface area (TPSA) is 100 Å². The third-order valence-corrected chi connectivity index (χ3v) is 6.35. The number of ether oxygens (including phenoxy) is 2. The lowest BCUT2D eigenvalue weighted by Crippen LogP contribution is -2.53. The fraction of sp³-hybridized carbons (Fsp3) is 0.905. The minimum absolute atomic E-state index is 0.00574. The Morgan fingerprint density at radius 2 is 1.79 bits per heavy atom. The number of nitrogens with one attached hydrogen (secondary N) is 2. The SMILES string of the molecule is O=C(CN1CCOCC1)N[C@@H]1CC[C@H](CCNC(=O)C2CCCCC2)O[C@H]1CO. The lowest BCUT2D eigenvalue weighted by Gasteiger charge is -2.37. The molecule has 1 saturated carbocycles. The Kier molecular flexibility index (Phi) is 9.17. The molecule has 0 unspecified atom stereocenters. The molecule has 29 heavy (non-hydrogen) atoms. The van der Waals surface area contributed by atoms with Gasteiger partial charge < -0.3 is 25.2 Å². The highest BCUT2D eigenvalue weighted by molar-refractivity contribution is 5.79. The number of rotatable bonds is 8. The molecule has 3 fully saturated rings. The molecule has 2 aliphatic heterocycles. The van der Waals surface area contributed by atoms with Gasteiger partial charge in [0.2, 0.25) is 11.8 Å². The smallest absolute Gasteiger partial charge is 0.234 e. The first kappa shape index (κ1) is 22.5. The molecule has 2 saturated heterocycles. The number of aliphatic hydroxyl groups excluding tert-OH is 1. The molecular formula is C21H37N3O5. The molecule has 1 aliphatic carbocycles. The van der Waals surface area contributed by atoms with Crippen LogP contribution in [0.25, 0.3) is 0 Å². The summed E-state index contributed by atoms with van der Waals surface area (Å²) in [4.78, 5) is 26.7. The second-order valence-electron chi connectivity index (χ2n) is 8.53. The van der Waals surface area contributed by atoms with Gasteiger partial charge in [0.15, 0.2) is 0 Å². The van der Waals surface area contributed by atoms with Gasteiger partial charge in [-0.15, -0.1) is 0 Å². The molecule has 8 heteroatoms. The van der Waals surface area contributed by atoms with Gasteiger partial charge in [-0.2, -0.15) is 0 Å². The third-order valence-electron chi connectivity index (χ3n) is 6.35. The molecule has 0 aromatic rings. The Labute approximate surface area is 173 Å². The summed E-state index contributed by atoms with van der Waals surface area (Å²) in [6.07, 6.45) is 7.51. The highest BCUT2D eigenvalue weighted by Crippen LogP contribution is 2.24. The average molecular weight is 412 g/mol. The van der Waals surface area contributed by atoms with E-state index in [2.05, 4.69) is 15.5 Å². The standard InChI is InChI=1S/C21H37N3O5/c25-15-19-18(23-20(26)14-24-10-12-28-13-11-24)7-6-17(29-19)8-9-22-21(27)16-4-2-1-3-5-16/h16-19,25H,1-15H2,(H,22,27)(H,23,26)/t17-,18-,19+/m1/s1. The number of hydrogen-bond acceptors (Lipinski definition) is 6. The Morgan fingerprint density at radius 1 is 1.03 bits per heavy atom. The van der Waals surface area contributed by atoms with Crippen molar-refractivity contribution in [1.82, 2.24) is 15.5 Å². The van der Waals surface area contributed by atoms with Gasteiger partial charge in [0.1, 0.15) is 6.10 Å². The van der Waals surface area contributed by atoms with Crippen molar-refractivity contribution in [3.8, 4) is 0 Å². The van der Waals surface area contributed by atoms with Gasteiger partial charge in [-0.1, -0.05) is 19.3 Å². The van der Waals surface area contributed by atoms with E-state index in [1.54, 1.807) is 0 Å². The fourth-order valence-electron chi connectivity index (χ4n) is 4.59. The summed E-state index contributed by atoms with van der Waals surface area (Å²) in [7, 11) is 0. The van der Waals surface area contributed by atoms with Crippen LogP contribution in [0.4, 0.5) is 0 Å². The second kappa shape index (κ2) is 11.8. The molecule has 0 bridgehead atoms. The lowest BCUT2D eigenvalue weighted by molar-refractivity contribution is -0.131. The van der Waals surface area contributed by atoms with Crippen molar-refractivity contribution in [2.45, 2.75) is 69.6 Å². The van der Waals surface area contributed by atoms with Gasteiger partial charge >= 0.3 is 0 Å². The van der Waals surface area contributed by atoms with Gasteiger partial charge in [0, 0.05) is 25.6 Å². The van der Waals surface area contributed by atoms with E-state index in [9.17, 15) is 14.7 Å². The maximum Gasteiger partial charge on any atom is 0.234 e. The summed E-state index contributed by atoms with van der Waals surface area (Å²) in [5, 5.41) is 15.8. The minimum atomic E-state index is -0.392. The number of aliphatic hydroxyl groups is 1. The number of hydrogen-bond donors (Lipinski definition) is 3. The monoisotopic (exact) mass is 411 g/mol. The summed E-state index contributed by atoms with van der Waals surface area (Å²) in [6, 6.07) is -0.165. The van der Waals surface area contributed by atoms with E-state index in [0.717, 1.165) is 58.0 Å². The van der Waals surface area contributed by atoms with E-state index in [1.165, 1.54) is 6.42 Å². The predicted octanol–water partition coefficient (Wildman–Crippen LogP) is 0.430. The van der Waals surface area contributed by atoms with Crippen LogP contribution in [0.5, 0.6) is 0 Å². The van der Waals surface area contributed by atoms with Crippen molar-refractivity contribution in [2.75, 3.05) is 46.0 Å². The Hall–Kier alpha value is -1.22. The van der Waals surface area contributed by atoms with Crippen molar-refractivity contribution in [2.24, 2.45) is 5.92 Å². The maximum atomic E-state index is 12.3. The summed E-state index contributed by atoms with van der Waals surface area (Å²) in [5.74, 6) is 0.317. The van der Waals surface area contributed by atoms with E-state index in [0.29, 0.717) is 26.3 Å². The zero-order valence-corrected chi connectivity index (χ0v) is 17.4. The van der Waals surface area contributed by atoms with E-state index >= 15 is 0 Å². The largest absolute Gasteiger partial charge is 0.394 e. The predicted molar refractivity (Wildman–Crippen MR) is 108 cm³/mol. The first-order valence-electron chi connectivity index (χ1n) is 11.3. The van der Waals surface area contributed by atoms with Gasteiger partial charge in [-0.3, -0.25) is 14.5 Å². The fourth-order valence-corrected chi connectivity index (χ4v) is 4.59. The quantitative estimate of drug-likeness (QED) is 0.536. The van der Waals surface area contributed by atoms with E-state index in [-0.39, 0.29) is 36.5 Å². The van der Waals surface area contributed by atoms with E-state index < -0.39 is 6.10 Å². The molecular weight excluding hydrogens is 374 g/mol. The summed E-state index contributed by atoms with van der Waals surface area (Å²) >= 11 is 0. The zero-order chi connectivity index (χ0) is 20.5. The molecule has 0 aromatic heterocycles. The normalized spacial score (nSPS) is 29.3. The number of carbonyl (C=O) groups excluding carboxylic acids is 2. The van der Waals surface area contributed by atoms with E-state index in [1.807, 2.05) is 0 Å². The molecule has 166 valence electrons. The van der Waals surface area contributed by atoms with Crippen LogP contribution in [0, 0.1) is 5.92 Å². The zero-order valence-electron chi connectivity index (χ0n) is 17.4. The van der Waals surface area contributed by atoms with Gasteiger partial charge in [0.25, 0.3) is 0 Å². The van der Waals surface area contributed by atoms with Crippen molar-refractivity contribution in [3.63, 3.8) is 0 Å². The van der Waals surface area contributed by atoms with Crippen molar-refractivity contribution in [1.29, 1.82) is 0 Å². The van der Waals surface area contributed by atoms with Gasteiger partial charge in [-0.05, 0) is 32.1 Å². The van der Waals surface area contributed by atoms with Crippen LogP contribution < -0.4 is 10.6 Å². The van der Waals surface area contributed by atoms with Crippen LogP contribution in [-0.4, -0.2) is 86.1 Å². The van der Waals surface area contributed by atoms with Crippen molar-refractivity contribution < 1.29 is 24.2 Å². The summed E-state index contributed by atoms with van der Waals surface area (Å²) < 4.78 is 11.3. The van der Waals surface area contributed by atoms with Crippen LogP contribution in [0.1, 0.15) is 51.4 Å². The highest BCUT2D eigenvalue weighted by Gasteiger charge is 2.32. The number of nitrogens with zero attached hydrogens (tertiary/aromatic N) is 1. The van der Waals surface area contributed by atoms with E-state index in [4.69, 9.17) is 9.47 Å². The molecule has 2 heterocycles. The van der Waals surface area contributed by atoms with Crippen molar-refractivity contribution >= 4 is 11.8 Å². The molecule has 0 aromatic carbocycles. The second-order valence-corrected chi connectivity index (χ2v) is 8.53. The van der Waals surface area contributed by atoms with Crippen LogP contribution >= 0.6 is 0 Å². The molecule has 3 aliphatic rings. The van der Waals surface area contributed by atoms with Crippen LogP contribution in [-0.2, 0) is 19.1 Å². The number of amides is 2. The van der Waals surface area contributed by atoms with Crippen LogP contribution in [0.2, 0.25) is 0 Å². The summed E-state index contributed by atoms with van der Waals surface area (Å²) in [5.41, 5.74) is 0. The minimum Gasteiger partial charge on any atom is -0.394 e. The molecule has 3 atom stereocenters. The highest BCUT2D eigenvalue weighted by atomic mass is 16.5. The lowest BCUT2D eigenvalue weighted by atomic mass is 9.88. The third kappa shape index (κ3) is 7.20. The average Bonchev–Trinajstić information content (AvgIpc) is 2.76. The van der Waals surface area contributed by atoms with Crippen LogP contribution in [0.3, 0.4) is 0 Å². The van der Waals surface area contributed by atoms with Gasteiger partial charge in [0.05, 0.1) is 38.5 Å². The van der Waals surface area contributed by atoms with Gasteiger partial charge in [-0.25, -0.2) is 0 Å². The van der Waals surface area contributed by atoms with Crippen LogP contribution in [0.15, 0.2) is 0 Å². The van der Waals surface area contributed by atoms with Crippen molar-refractivity contribution in [3.05, 3.63) is 0 Å². The molecule has 3 rings (SSSR count). The Morgan fingerprint density at radius 3 is 2.52 bits per heavy atom. The Balaban J connectivity index is 1.35. The number of carbonyl (C=O) groups is 2. The molecule has 8 nitrogen and oxygen atoms in total. The Bertz CT molecular complexity index is 520. The molecule has 0 radical (unpaired) electrons. The molecule has 3 N–H and O–H groups in total. The first-order valence-corrected chi connectivity index (χ1v) is 11.3. The number of morpholine rings is 1. The first-order chi connectivity index (χ1) is 14.2. The molecule has 2 amide bonds. The molecule has 0 spiro atoms. The maximum absolute atomic E-state index is 12.3.